The summed E-state index contributed by atoms with van der Waals surface area (Å²) in [6, 6.07) is 12.0. The van der Waals surface area contributed by atoms with Gasteiger partial charge in [-0.3, -0.25) is 4.98 Å². The molecule has 0 bridgehead atoms. The molecule has 0 atom stereocenters. The van der Waals surface area contributed by atoms with Crippen molar-refractivity contribution in [1.82, 2.24) is 25.3 Å². The lowest BCUT2D eigenvalue weighted by Gasteiger charge is -2.04. The summed E-state index contributed by atoms with van der Waals surface area (Å²) in [6.45, 7) is 1.47. The number of para-hydroxylation sites is 1. The molecular weight excluding hydrogens is 238 g/mol. The van der Waals surface area contributed by atoms with E-state index in [1.165, 1.54) is 5.56 Å². The molecule has 0 aliphatic rings. The average Bonchev–Trinajstić information content (AvgIpc) is 2.85. The summed E-state index contributed by atoms with van der Waals surface area (Å²) in [5.41, 5.74) is 4.10. The predicted molar refractivity (Wildman–Crippen MR) is 73.6 cm³/mol. The molecule has 96 valence electrons. The normalized spacial score (nSPS) is 11.0. The third-order valence-corrected chi connectivity index (χ3v) is 3.00. The molecule has 0 radical (unpaired) electrons. The van der Waals surface area contributed by atoms with E-state index in [-0.39, 0.29) is 0 Å². The van der Waals surface area contributed by atoms with E-state index in [4.69, 9.17) is 0 Å². The molecule has 0 saturated heterocycles. The largest absolute Gasteiger partial charge is 0.316 e. The molecule has 3 rings (SSSR count). The van der Waals surface area contributed by atoms with E-state index in [0.29, 0.717) is 6.54 Å². The summed E-state index contributed by atoms with van der Waals surface area (Å²) in [7, 11) is 1.93. The van der Waals surface area contributed by atoms with Crippen molar-refractivity contribution in [3.8, 4) is 0 Å². The highest BCUT2D eigenvalue weighted by Crippen LogP contribution is 2.11. The second kappa shape index (κ2) is 5.16. The number of hydrogen-bond acceptors (Lipinski definition) is 4. The molecule has 2 aromatic heterocycles. The van der Waals surface area contributed by atoms with E-state index < -0.39 is 0 Å². The van der Waals surface area contributed by atoms with Gasteiger partial charge in [0.1, 0.15) is 5.52 Å². The molecule has 5 heteroatoms. The highest BCUT2D eigenvalue weighted by molar-refractivity contribution is 5.73. The van der Waals surface area contributed by atoms with E-state index in [9.17, 15) is 0 Å². The third-order valence-electron chi connectivity index (χ3n) is 3.00. The molecule has 0 aliphatic heterocycles. The van der Waals surface area contributed by atoms with Gasteiger partial charge < -0.3 is 5.32 Å². The maximum Gasteiger partial charge on any atom is 0.113 e. The Morgan fingerprint density at radius 1 is 1.16 bits per heavy atom. The van der Waals surface area contributed by atoms with E-state index in [1.54, 1.807) is 0 Å². The summed E-state index contributed by atoms with van der Waals surface area (Å²) in [5, 5.41) is 11.4. The van der Waals surface area contributed by atoms with Crippen LogP contribution >= 0.6 is 0 Å². The zero-order valence-electron chi connectivity index (χ0n) is 10.7. The molecule has 5 nitrogen and oxygen atoms in total. The van der Waals surface area contributed by atoms with Gasteiger partial charge in [0.2, 0.25) is 0 Å². The van der Waals surface area contributed by atoms with Gasteiger partial charge in [-0.05, 0) is 30.8 Å². The SMILES string of the molecule is CNCc1ccc(Cn2nnc3ccccc32)nc1. The van der Waals surface area contributed by atoms with E-state index in [2.05, 4.69) is 26.7 Å². The fourth-order valence-electron chi connectivity index (χ4n) is 2.04. The van der Waals surface area contributed by atoms with Crippen molar-refractivity contribution < 1.29 is 0 Å². The summed E-state index contributed by atoms with van der Waals surface area (Å²) < 4.78 is 1.87. The van der Waals surface area contributed by atoms with E-state index >= 15 is 0 Å². The van der Waals surface area contributed by atoms with Crippen molar-refractivity contribution in [2.24, 2.45) is 0 Å². The van der Waals surface area contributed by atoms with Gasteiger partial charge >= 0.3 is 0 Å². The Labute approximate surface area is 111 Å². The van der Waals surface area contributed by atoms with Crippen LogP contribution in [-0.4, -0.2) is 27.0 Å². The lowest BCUT2D eigenvalue weighted by atomic mass is 10.2. The maximum absolute atomic E-state index is 4.45. The van der Waals surface area contributed by atoms with Gasteiger partial charge in [0, 0.05) is 12.7 Å². The summed E-state index contributed by atoms with van der Waals surface area (Å²) >= 11 is 0. The number of rotatable bonds is 4. The lowest BCUT2D eigenvalue weighted by Crippen LogP contribution is -2.07. The third kappa shape index (κ3) is 2.46. The van der Waals surface area contributed by atoms with Crippen LogP contribution in [0.5, 0.6) is 0 Å². The molecule has 2 heterocycles. The molecule has 0 spiro atoms. The van der Waals surface area contributed by atoms with Crippen LogP contribution in [-0.2, 0) is 13.1 Å². The number of aromatic nitrogens is 4. The highest BCUT2D eigenvalue weighted by Gasteiger charge is 2.04. The first-order valence-electron chi connectivity index (χ1n) is 6.23. The van der Waals surface area contributed by atoms with Gasteiger partial charge in [-0.2, -0.15) is 0 Å². The second-order valence-corrected chi connectivity index (χ2v) is 4.42. The minimum absolute atomic E-state index is 0.639. The van der Waals surface area contributed by atoms with Crippen molar-refractivity contribution in [3.05, 3.63) is 53.9 Å². The van der Waals surface area contributed by atoms with Gasteiger partial charge in [-0.25, -0.2) is 4.68 Å². The number of fused-ring (bicyclic) bond motifs is 1. The first-order valence-corrected chi connectivity index (χ1v) is 6.23. The van der Waals surface area contributed by atoms with Crippen molar-refractivity contribution >= 4 is 11.0 Å². The topological polar surface area (TPSA) is 55.6 Å². The Balaban J connectivity index is 1.84. The Morgan fingerprint density at radius 3 is 2.84 bits per heavy atom. The monoisotopic (exact) mass is 253 g/mol. The number of nitrogens with zero attached hydrogens (tertiary/aromatic N) is 4. The zero-order valence-corrected chi connectivity index (χ0v) is 10.7. The van der Waals surface area contributed by atoms with Crippen molar-refractivity contribution in [1.29, 1.82) is 0 Å². The molecule has 19 heavy (non-hydrogen) atoms. The van der Waals surface area contributed by atoms with Crippen LogP contribution in [0.2, 0.25) is 0 Å². The van der Waals surface area contributed by atoms with Gasteiger partial charge in [0.15, 0.2) is 0 Å². The Bertz CT molecular complexity index is 672. The molecule has 0 amide bonds. The molecule has 0 unspecified atom stereocenters. The van der Waals surface area contributed by atoms with Crippen LogP contribution in [0.15, 0.2) is 42.6 Å². The second-order valence-electron chi connectivity index (χ2n) is 4.42. The van der Waals surface area contributed by atoms with Crippen molar-refractivity contribution in [2.45, 2.75) is 13.1 Å². The number of hydrogen-bond donors (Lipinski definition) is 1. The molecule has 1 N–H and O–H groups in total. The quantitative estimate of drug-likeness (QED) is 0.767. The fraction of sp³-hybridized carbons (Fsp3) is 0.214. The molecular formula is C14H15N5. The van der Waals surface area contributed by atoms with Gasteiger partial charge in [0.25, 0.3) is 0 Å². The minimum Gasteiger partial charge on any atom is -0.316 e. The van der Waals surface area contributed by atoms with Crippen LogP contribution in [0.1, 0.15) is 11.3 Å². The van der Waals surface area contributed by atoms with Gasteiger partial charge in [0.05, 0.1) is 17.8 Å². The van der Waals surface area contributed by atoms with Gasteiger partial charge in [-0.1, -0.05) is 23.4 Å². The van der Waals surface area contributed by atoms with Crippen LogP contribution in [0, 0.1) is 0 Å². The number of benzene rings is 1. The zero-order chi connectivity index (χ0) is 13.1. The summed E-state index contributed by atoms with van der Waals surface area (Å²) in [4.78, 5) is 4.45. The van der Waals surface area contributed by atoms with Crippen LogP contribution < -0.4 is 5.32 Å². The average molecular weight is 253 g/mol. The van der Waals surface area contributed by atoms with Gasteiger partial charge in [-0.15, -0.1) is 5.10 Å². The minimum atomic E-state index is 0.639. The number of nitrogens with one attached hydrogen (secondary N) is 1. The highest BCUT2D eigenvalue weighted by atomic mass is 15.4. The molecule has 0 fully saturated rings. The Hall–Kier alpha value is -2.27. The molecule has 3 aromatic rings. The molecule has 1 aromatic carbocycles. The lowest BCUT2D eigenvalue weighted by molar-refractivity contribution is 0.657. The molecule has 0 aliphatic carbocycles. The van der Waals surface area contributed by atoms with Crippen LogP contribution in [0.3, 0.4) is 0 Å². The maximum atomic E-state index is 4.45. The Kier molecular flexibility index (Phi) is 3.20. The Morgan fingerprint density at radius 2 is 2.05 bits per heavy atom. The summed E-state index contributed by atoms with van der Waals surface area (Å²) in [5.74, 6) is 0. The van der Waals surface area contributed by atoms with E-state index in [1.807, 2.05) is 48.3 Å². The standard InChI is InChI=1S/C14H15N5/c1-15-8-11-6-7-12(16-9-11)10-19-14-5-3-2-4-13(14)17-18-19/h2-7,9,15H,8,10H2,1H3. The summed E-state index contributed by atoms with van der Waals surface area (Å²) in [6.07, 6.45) is 1.89. The first kappa shape index (κ1) is 11.8. The van der Waals surface area contributed by atoms with Crippen LogP contribution in [0.4, 0.5) is 0 Å². The van der Waals surface area contributed by atoms with Crippen molar-refractivity contribution in [2.75, 3.05) is 7.05 Å². The van der Waals surface area contributed by atoms with E-state index in [0.717, 1.165) is 23.3 Å². The number of pyridine rings is 1. The van der Waals surface area contributed by atoms with Crippen molar-refractivity contribution in [3.63, 3.8) is 0 Å². The van der Waals surface area contributed by atoms with Crippen LogP contribution in [0.25, 0.3) is 11.0 Å². The molecule has 0 saturated carbocycles. The predicted octanol–water partition coefficient (Wildman–Crippen LogP) is 1.59. The fourth-order valence-corrected chi connectivity index (χ4v) is 2.04. The smallest absolute Gasteiger partial charge is 0.113 e. The first-order chi connectivity index (χ1) is 9.36.